The molecule has 1 fully saturated rings. The molecule has 0 heterocycles. The molecule has 0 radical (unpaired) electrons. The zero-order valence-corrected chi connectivity index (χ0v) is 8.16. The summed E-state index contributed by atoms with van der Waals surface area (Å²) in [5.41, 5.74) is 5.74. The van der Waals surface area contributed by atoms with Crippen LogP contribution in [0.3, 0.4) is 0 Å². The third kappa shape index (κ3) is 2.01. The highest BCUT2D eigenvalue weighted by Crippen LogP contribution is 2.37. The van der Waals surface area contributed by atoms with Crippen LogP contribution in [-0.4, -0.2) is 11.2 Å². The molecule has 4 heteroatoms. The predicted octanol–water partition coefficient (Wildman–Crippen LogP) is 1.74. The minimum absolute atomic E-state index is 0.0504. The highest BCUT2D eigenvalue weighted by atomic mass is 19.2. The Hall–Kier alpha value is -1.00. The van der Waals surface area contributed by atoms with Crippen molar-refractivity contribution in [2.75, 3.05) is 0 Å². The Morgan fingerprint density at radius 3 is 2.60 bits per heavy atom. The van der Waals surface area contributed by atoms with E-state index in [4.69, 9.17) is 5.73 Å². The predicted molar refractivity (Wildman–Crippen MR) is 52.0 cm³/mol. The van der Waals surface area contributed by atoms with Crippen molar-refractivity contribution in [2.45, 2.75) is 25.0 Å². The first-order chi connectivity index (χ1) is 7.11. The largest absolute Gasteiger partial charge is 0.391 e. The number of benzene rings is 1. The molecule has 2 atom stereocenters. The van der Waals surface area contributed by atoms with Crippen LogP contribution in [0.25, 0.3) is 0 Å². The van der Waals surface area contributed by atoms with Gasteiger partial charge in [-0.15, -0.1) is 0 Å². The van der Waals surface area contributed by atoms with E-state index < -0.39 is 23.8 Å². The van der Waals surface area contributed by atoms with Gasteiger partial charge in [0.2, 0.25) is 0 Å². The van der Waals surface area contributed by atoms with Gasteiger partial charge in [-0.2, -0.15) is 0 Å². The molecule has 0 amide bonds. The van der Waals surface area contributed by atoms with Crippen molar-refractivity contribution in [1.29, 1.82) is 0 Å². The van der Waals surface area contributed by atoms with Gasteiger partial charge in [0.1, 0.15) is 0 Å². The first-order valence-corrected chi connectivity index (χ1v) is 4.99. The lowest BCUT2D eigenvalue weighted by Gasteiger charge is -2.19. The summed E-state index contributed by atoms with van der Waals surface area (Å²) in [4.78, 5) is 0. The minimum atomic E-state index is -0.954. The highest BCUT2D eigenvalue weighted by molar-refractivity contribution is 5.23. The van der Waals surface area contributed by atoms with Crippen LogP contribution in [0.1, 0.15) is 24.4 Å². The molecule has 1 aliphatic rings. The smallest absolute Gasteiger partial charge is 0.163 e. The second-order valence-corrected chi connectivity index (χ2v) is 4.00. The normalized spacial score (nSPS) is 20.0. The lowest BCUT2D eigenvalue weighted by atomic mass is 9.98. The summed E-state index contributed by atoms with van der Waals surface area (Å²) >= 11 is 0. The van der Waals surface area contributed by atoms with Crippen molar-refractivity contribution >= 4 is 0 Å². The maximum Gasteiger partial charge on any atom is 0.163 e. The summed E-state index contributed by atoms with van der Waals surface area (Å²) in [6.45, 7) is 0. The van der Waals surface area contributed by atoms with Crippen LogP contribution in [0.2, 0.25) is 0 Å². The van der Waals surface area contributed by atoms with E-state index in [9.17, 15) is 13.9 Å². The van der Waals surface area contributed by atoms with E-state index in [0.29, 0.717) is 0 Å². The van der Waals surface area contributed by atoms with Gasteiger partial charge in [-0.1, -0.05) is 12.1 Å². The Morgan fingerprint density at radius 2 is 2.00 bits per heavy atom. The summed E-state index contributed by atoms with van der Waals surface area (Å²) in [6, 6.07) is 3.00. The van der Waals surface area contributed by atoms with Crippen molar-refractivity contribution in [3.63, 3.8) is 0 Å². The van der Waals surface area contributed by atoms with Gasteiger partial charge < -0.3 is 10.8 Å². The van der Waals surface area contributed by atoms with E-state index in [2.05, 4.69) is 0 Å². The highest BCUT2D eigenvalue weighted by Gasteiger charge is 2.35. The van der Waals surface area contributed by atoms with Crippen molar-refractivity contribution in [3.8, 4) is 0 Å². The van der Waals surface area contributed by atoms with Gasteiger partial charge in [0.05, 0.1) is 12.1 Å². The fraction of sp³-hybridized carbons (Fsp3) is 0.455. The monoisotopic (exact) mass is 213 g/mol. The van der Waals surface area contributed by atoms with Crippen LogP contribution in [0.4, 0.5) is 8.78 Å². The number of halogens is 2. The van der Waals surface area contributed by atoms with Crippen LogP contribution in [0, 0.1) is 17.6 Å². The Morgan fingerprint density at radius 1 is 1.33 bits per heavy atom. The van der Waals surface area contributed by atoms with Gasteiger partial charge in [-0.25, -0.2) is 8.78 Å². The number of aliphatic hydroxyl groups is 1. The molecule has 0 unspecified atom stereocenters. The Bertz CT molecular complexity index is 366. The van der Waals surface area contributed by atoms with E-state index in [-0.39, 0.29) is 11.5 Å². The maximum atomic E-state index is 13.3. The molecule has 2 rings (SSSR count). The second kappa shape index (κ2) is 3.87. The quantitative estimate of drug-likeness (QED) is 0.803. The Balaban J connectivity index is 2.24. The van der Waals surface area contributed by atoms with Crippen LogP contribution in [0.5, 0.6) is 0 Å². The van der Waals surface area contributed by atoms with Crippen LogP contribution in [0.15, 0.2) is 18.2 Å². The fourth-order valence-electron chi connectivity index (χ4n) is 1.69. The molecule has 1 aliphatic carbocycles. The van der Waals surface area contributed by atoms with Gasteiger partial charge in [0.15, 0.2) is 11.6 Å². The summed E-state index contributed by atoms with van der Waals surface area (Å²) in [6.07, 6.45) is 1.04. The molecular weight excluding hydrogens is 200 g/mol. The Labute approximate surface area is 86.7 Å². The summed E-state index contributed by atoms with van der Waals surface area (Å²) in [7, 11) is 0. The van der Waals surface area contributed by atoms with Crippen molar-refractivity contribution in [1.82, 2.24) is 0 Å². The molecule has 0 bridgehead atoms. The zero-order valence-electron chi connectivity index (χ0n) is 8.16. The van der Waals surface area contributed by atoms with Crippen LogP contribution < -0.4 is 5.73 Å². The third-order valence-corrected chi connectivity index (χ3v) is 2.81. The molecule has 3 N–H and O–H groups in total. The number of rotatable bonds is 3. The number of aliphatic hydroxyl groups excluding tert-OH is 1. The topological polar surface area (TPSA) is 46.2 Å². The maximum absolute atomic E-state index is 13.3. The van der Waals surface area contributed by atoms with Crippen molar-refractivity contribution in [2.24, 2.45) is 11.7 Å². The molecule has 2 nitrogen and oxygen atoms in total. The average molecular weight is 213 g/mol. The molecule has 1 aromatic carbocycles. The Kier molecular flexibility index (Phi) is 2.71. The van der Waals surface area contributed by atoms with Gasteiger partial charge in [0, 0.05) is 5.56 Å². The molecule has 0 spiro atoms. The third-order valence-electron chi connectivity index (χ3n) is 2.81. The number of hydrogen-bond donors (Lipinski definition) is 2. The molecule has 0 saturated heterocycles. The van der Waals surface area contributed by atoms with Crippen LogP contribution >= 0.6 is 0 Å². The van der Waals surface area contributed by atoms with E-state index in [1.807, 2.05) is 0 Å². The number of hydrogen-bond acceptors (Lipinski definition) is 2. The average Bonchev–Trinajstić information content (AvgIpc) is 3.03. The zero-order chi connectivity index (χ0) is 11.0. The van der Waals surface area contributed by atoms with Gasteiger partial charge >= 0.3 is 0 Å². The van der Waals surface area contributed by atoms with E-state index >= 15 is 0 Å². The first kappa shape index (κ1) is 10.5. The first-order valence-electron chi connectivity index (χ1n) is 4.99. The molecule has 1 saturated carbocycles. The molecule has 82 valence electrons. The summed E-state index contributed by atoms with van der Waals surface area (Å²) in [5.74, 6) is -1.74. The van der Waals surface area contributed by atoms with Crippen molar-refractivity contribution in [3.05, 3.63) is 35.4 Å². The summed E-state index contributed by atoms with van der Waals surface area (Å²) in [5, 5.41) is 9.71. The molecule has 0 aromatic heterocycles. The fourth-order valence-corrected chi connectivity index (χ4v) is 1.69. The van der Waals surface area contributed by atoms with Gasteiger partial charge in [0.25, 0.3) is 0 Å². The van der Waals surface area contributed by atoms with E-state index in [1.54, 1.807) is 0 Å². The van der Waals surface area contributed by atoms with Crippen molar-refractivity contribution < 1.29 is 13.9 Å². The lowest BCUT2D eigenvalue weighted by molar-refractivity contribution is 0.120. The van der Waals surface area contributed by atoms with E-state index in [0.717, 1.165) is 18.9 Å². The van der Waals surface area contributed by atoms with E-state index in [1.165, 1.54) is 12.1 Å². The molecule has 1 aromatic rings. The SMILES string of the molecule is N[C@@H](c1cccc(F)c1F)[C@H](O)C1CC1. The minimum Gasteiger partial charge on any atom is -0.391 e. The van der Waals surface area contributed by atoms with Gasteiger partial charge in [-0.05, 0) is 24.8 Å². The second-order valence-electron chi connectivity index (χ2n) is 4.00. The summed E-state index contributed by atoms with van der Waals surface area (Å²) < 4.78 is 26.2. The molecule has 15 heavy (non-hydrogen) atoms. The number of nitrogens with two attached hydrogens (primary N) is 1. The standard InChI is InChI=1S/C11H13F2NO/c12-8-3-1-2-7(9(8)13)10(14)11(15)6-4-5-6/h1-3,6,10-11,15H,4-5,14H2/t10-,11+/m0/s1. The molecular formula is C11H13F2NO. The lowest BCUT2D eigenvalue weighted by Crippen LogP contribution is -2.28. The van der Waals surface area contributed by atoms with Gasteiger partial charge in [-0.3, -0.25) is 0 Å². The van der Waals surface area contributed by atoms with Crippen LogP contribution in [-0.2, 0) is 0 Å². The molecule has 0 aliphatic heterocycles.